The molecule has 2 rings (SSSR count). The Morgan fingerprint density at radius 1 is 1.47 bits per heavy atom. The molecular weight excluding hydrogens is 240 g/mol. The average molecular weight is 249 g/mol. The first-order valence-electron chi connectivity index (χ1n) is 4.97. The number of H-pyrrole nitrogens is 1. The number of fused-ring (bicyclic) bond motifs is 1. The van der Waals surface area contributed by atoms with Gasteiger partial charge in [0.25, 0.3) is 5.56 Å². The lowest BCUT2D eigenvalue weighted by molar-refractivity contribution is -0.309. The van der Waals surface area contributed by atoms with Crippen molar-refractivity contribution in [2.75, 3.05) is 0 Å². The number of benzene rings is 1. The first-order valence-corrected chi connectivity index (χ1v) is 5.37. The van der Waals surface area contributed by atoms with Gasteiger partial charge in [0.2, 0.25) is 0 Å². The van der Waals surface area contributed by atoms with Gasteiger partial charge in [0.1, 0.15) is 0 Å². The van der Waals surface area contributed by atoms with Gasteiger partial charge in [-0.2, -0.15) is 0 Å². The van der Waals surface area contributed by atoms with Gasteiger partial charge in [-0.25, -0.2) is 0 Å². The van der Waals surface area contributed by atoms with Crippen LogP contribution in [0.2, 0.25) is 0 Å². The lowest BCUT2D eigenvalue weighted by Gasteiger charge is -2.16. The molecule has 0 fully saturated rings. The van der Waals surface area contributed by atoms with Crippen molar-refractivity contribution < 1.29 is 9.90 Å². The van der Waals surface area contributed by atoms with Crippen molar-refractivity contribution in [3.8, 4) is 0 Å². The van der Waals surface area contributed by atoms with Gasteiger partial charge in [0, 0.05) is 0 Å². The number of aliphatic carboxylic acids is 1. The van der Waals surface area contributed by atoms with Crippen molar-refractivity contribution in [1.82, 2.24) is 9.55 Å². The maximum Gasteiger partial charge on any atom is 0.262 e. The number of hydrogen-bond donors (Lipinski definition) is 1. The topological polar surface area (TPSA) is 77.9 Å². The number of hydrogen-bond acceptors (Lipinski definition) is 4. The minimum Gasteiger partial charge on any atom is -0.548 e. The molecule has 1 aromatic carbocycles. The van der Waals surface area contributed by atoms with E-state index in [4.69, 9.17) is 12.2 Å². The number of nitrogens with zero attached hydrogens (tertiary/aromatic N) is 1. The highest BCUT2D eigenvalue weighted by Crippen LogP contribution is 2.09. The van der Waals surface area contributed by atoms with Crippen molar-refractivity contribution in [2.24, 2.45) is 0 Å². The lowest BCUT2D eigenvalue weighted by atomic mass is 10.2. The van der Waals surface area contributed by atoms with E-state index < -0.39 is 17.6 Å². The molecule has 0 saturated carbocycles. The standard InChI is InChI=1S/C11H10N2O3S/c1-6(10(15)16)13-9(14)7-4-2-3-5-8(7)12-11(13)17/h2-6H,1H3,(H,12,17)(H,15,16)/p-1/t6-/m0/s1. The SMILES string of the molecule is C[C@@H](C(=O)[O-])n1c(=S)[nH]c2ccccc2c1=O. The number of para-hydroxylation sites is 1. The van der Waals surface area contributed by atoms with Crippen LogP contribution in [0.1, 0.15) is 13.0 Å². The van der Waals surface area contributed by atoms with Crippen LogP contribution < -0.4 is 10.7 Å². The van der Waals surface area contributed by atoms with Gasteiger partial charge >= 0.3 is 0 Å². The Balaban J connectivity index is 2.86. The number of aromatic nitrogens is 2. The summed E-state index contributed by atoms with van der Waals surface area (Å²) in [7, 11) is 0. The molecule has 88 valence electrons. The molecule has 0 aliphatic heterocycles. The Morgan fingerprint density at radius 3 is 2.76 bits per heavy atom. The molecule has 1 aromatic heterocycles. The van der Waals surface area contributed by atoms with Crippen molar-refractivity contribution >= 4 is 29.1 Å². The molecule has 2 aromatic rings. The Kier molecular flexibility index (Phi) is 2.81. The number of rotatable bonds is 2. The molecule has 0 bridgehead atoms. The zero-order valence-corrected chi connectivity index (χ0v) is 9.78. The Bertz CT molecular complexity index is 702. The second kappa shape index (κ2) is 4.14. The predicted molar refractivity (Wildman–Crippen MR) is 63.1 cm³/mol. The molecule has 0 aliphatic carbocycles. The molecule has 0 radical (unpaired) electrons. The summed E-state index contributed by atoms with van der Waals surface area (Å²) in [6.07, 6.45) is 0. The average Bonchev–Trinajstić information content (AvgIpc) is 2.28. The number of carboxylic acid groups (broad SMARTS) is 1. The molecule has 1 N–H and O–H groups in total. The van der Waals surface area contributed by atoms with Gasteiger partial charge in [0.15, 0.2) is 4.77 Å². The van der Waals surface area contributed by atoms with Gasteiger partial charge in [-0.05, 0) is 31.3 Å². The number of carbonyl (C=O) groups is 1. The molecule has 0 aliphatic rings. The molecule has 0 unspecified atom stereocenters. The van der Waals surface area contributed by atoms with E-state index in [1.54, 1.807) is 24.3 Å². The van der Waals surface area contributed by atoms with E-state index in [1.807, 2.05) is 0 Å². The molecule has 17 heavy (non-hydrogen) atoms. The minimum atomic E-state index is -1.35. The largest absolute Gasteiger partial charge is 0.548 e. The van der Waals surface area contributed by atoms with Crippen LogP contribution in [-0.4, -0.2) is 15.5 Å². The van der Waals surface area contributed by atoms with Gasteiger partial charge in [-0.1, -0.05) is 12.1 Å². The van der Waals surface area contributed by atoms with E-state index in [-0.39, 0.29) is 4.77 Å². The number of carboxylic acids is 1. The summed E-state index contributed by atoms with van der Waals surface area (Å²) in [6.45, 7) is 1.36. The summed E-state index contributed by atoms with van der Waals surface area (Å²) >= 11 is 4.98. The van der Waals surface area contributed by atoms with E-state index in [0.717, 1.165) is 4.57 Å². The van der Waals surface area contributed by atoms with Crippen molar-refractivity contribution in [3.05, 3.63) is 39.4 Å². The summed E-state index contributed by atoms with van der Waals surface area (Å²) < 4.78 is 1.08. The second-order valence-corrected chi connectivity index (χ2v) is 4.03. The van der Waals surface area contributed by atoms with E-state index >= 15 is 0 Å². The van der Waals surface area contributed by atoms with E-state index in [0.29, 0.717) is 10.9 Å². The van der Waals surface area contributed by atoms with Crippen LogP contribution in [0, 0.1) is 4.77 Å². The third-order valence-corrected chi connectivity index (χ3v) is 2.86. The molecule has 0 saturated heterocycles. The molecule has 0 amide bonds. The molecule has 5 nitrogen and oxygen atoms in total. The summed E-state index contributed by atoms with van der Waals surface area (Å²) in [6, 6.07) is 5.69. The second-order valence-electron chi connectivity index (χ2n) is 3.65. The Hall–Kier alpha value is -1.95. The highest BCUT2D eigenvalue weighted by molar-refractivity contribution is 7.71. The maximum atomic E-state index is 12.1. The summed E-state index contributed by atoms with van der Waals surface area (Å²) in [5.74, 6) is -1.35. The monoisotopic (exact) mass is 249 g/mol. The molecule has 6 heteroatoms. The van der Waals surface area contributed by atoms with Gasteiger partial charge in [0.05, 0.1) is 22.9 Å². The zero-order valence-electron chi connectivity index (χ0n) is 8.97. The first kappa shape index (κ1) is 11.5. The first-order chi connectivity index (χ1) is 8.02. The summed E-state index contributed by atoms with van der Waals surface area (Å²) in [5.41, 5.74) is 0.158. The fourth-order valence-corrected chi connectivity index (χ4v) is 1.98. The maximum absolute atomic E-state index is 12.1. The third kappa shape index (κ3) is 1.87. The van der Waals surface area contributed by atoms with Crippen LogP contribution in [0.15, 0.2) is 29.1 Å². The van der Waals surface area contributed by atoms with E-state index in [1.165, 1.54) is 6.92 Å². The van der Waals surface area contributed by atoms with Crippen LogP contribution in [-0.2, 0) is 4.79 Å². The lowest BCUT2D eigenvalue weighted by Crippen LogP contribution is -2.37. The third-order valence-electron chi connectivity index (χ3n) is 2.57. The molecule has 0 spiro atoms. The summed E-state index contributed by atoms with van der Waals surface area (Å²) in [4.78, 5) is 25.7. The summed E-state index contributed by atoms with van der Waals surface area (Å²) in [5, 5.41) is 11.2. The Labute approximate surface area is 101 Å². The highest BCUT2D eigenvalue weighted by Gasteiger charge is 2.11. The van der Waals surface area contributed by atoms with Gasteiger partial charge < -0.3 is 14.9 Å². The Morgan fingerprint density at radius 2 is 2.12 bits per heavy atom. The minimum absolute atomic E-state index is 0.0744. The van der Waals surface area contributed by atoms with Crippen LogP contribution in [0.3, 0.4) is 0 Å². The van der Waals surface area contributed by atoms with E-state index in [2.05, 4.69) is 4.98 Å². The number of nitrogens with one attached hydrogen (secondary N) is 1. The van der Waals surface area contributed by atoms with Gasteiger partial charge in [-0.15, -0.1) is 0 Å². The molecule has 1 heterocycles. The van der Waals surface area contributed by atoms with Crippen LogP contribution in [0.5, 0.6) is 0 Å². The quantitative estimate of drug-likeness (QED) is 0.780. The predicted octanol–water partition coefficient (Wildman–Crippen LogP) is 0.370. The smallest absolute Gasteiger partial charge is 0.262 e. The normalized spacial score (nSPS) is 12.5. The van der Waals surface area contributed by atoms with Crippen molar-refractivity contribution in [2.45, 2.75) is 13.0 Å². The van der Waals surface area contributed by atoms with Crippen molar-refractivity contribution in [3.63, 3.8) is 0 Å². The molecular formula is C11H9N2O3S-. The van der Waals surface area contributed by atoms with Crippen LogP contribution >= 0.6 is 12.2 Å². The van der Waals surface area contributed by atoms with Crippen molar-refractivity contribution in [1.29, 1.82) is 0 Å². The molecule has 1 atom stereocenters. The van der Waals surface area contributed by atoms with Crippen LogP contribution in [0.25, 0.3) is 10.9 Å². The zero-order chi connectivity index (χ0) is 12.6. The van der Waals surface area contributed by atoms with E-state index in [9.17, 15) is 14.7 Å². The number of aromatic amines is 1. The fraction of sp³-hybridized carbons (Fsp3) is 0.182. The highest BCUT2D eigenvalue weighted by atomic mass is 32.1. The fourth-order valence-electron chi connectivity index (χ4n) is 1.63. The van der Waals surface area contributed by atoms with Gasteiger partial charge in [-0.3, -0.25) is 9.36 Å². The number of carbonyl (C=O) groups excluding carboxylic acids is 1. The van der Waals surface area contributed by atoms with Crippen LogP contribution in [0.4, 0.5) is 0 Å².